The Morgan fingerprint density at radius 3 is 1.10 bits per heavy atom. The maximum absolute atomic E-state index is 11.2. The number of rotatable bonds is 8. The molecule has 0 aliphatic carbocycles. The zero-order chi connectivity index (χ0) is 23.3. The quantitative estimate of drug-likeness (QED) is 0.217. The van der Waals surface area contributed by atoms with E-state index >= 15 is 0 Å². The first-order chi connectivity index (χ1) is 14.0. The van der Waals surface area contributed by atoms with Crippen LogP contribution in [0.2, 0.25) is 0 Å². The Labute approximate surface area is 242 Å². The second-order valence-corrected chi connectivity index (χ2v) is 27.4. The van der Waals surface area contributed by atoms with Crippen molar-refractivity contribution >= 4 is 42.1 Å². The molecule has 0 amide bonds. The fourth-order valence-corrected chi connectivity index (χ4v) is 51.3. The van der Waals surface area contributed by atoms with E-state index in [1.54, 1.807) is 0 Å². The molecule has 0 saturated heterocycles. The van der Waals surface area contributed by atoms with E-state index in [2.05, 4.69) is 2.64 Å². The summed E-state index contributed by atoms with van der Waals surface area (Å²) >= 11 is -8.46. The van der Waals surface area contributed by atoms with Gasteiger partial charge in [-0.2, -0.15) is 0 Å². The maximum atomic E-state index is 11.2. The van der Waals surface area contributed by atoms with Gasteiger partial charge in [-0.05, 0) is 0 Å². The molecule has 0 spiro atoms. The van der Waals surface area contributed by atoms with Crippen LogP contribution in [0.3, 0.4) is 0 Å². The van der Waals surface area contributed by atoms with Crippen LogP contribution in [0.15, 0.2) is 6.07 Å². The molecule has 147 valence electrons. The molecule has 0 aliphatic rings. The van der Waals surface area contributed by atoms with Crippen LogP contribution in [0, 0.1) is 0 Å². The Kier molecular flexibility index (Phi) is 18.6. The van der Waals surface area contributed by atoms with Crippen LogP contribution in [0.4, 0.5) is 0 Å². The van der Waals surface area contributed by atoms with Crippen molar-refractivity contribution in [2.75, 3.05) is 0 Å². The van der Waals surface area contributed by atoms with Gasteiger partial charge < -0.3 is 0 Å². The molecule has 15 heteroatoms. The van der Waals surface area contributed by atoms with Gasteiger partial charge in [0, 0.05) is 0 Å². The van der Waals surface area contributed by atoms with Crippen LogP contribution in [0.5, 0.6) is 0 Å². The summed E-state index contributed by atoms with van der Waals surface area (Å²) < 4.78 is 29.7. The molecule has 0 bridgehead atoms. The van der Waals surface area contributed by atoms with Crippen molar-refractivity contribution in [1.29, 1.82) is 0 Å². The molecular formula is C15H16Hg5O10-. The van der Waals surface area contributed by atoms with Crippen molar-refractivity contribution in [3.05, 3.63) is 6.07 Å². The molecule has 0 N–H and O–H groups in total. The average molecular weight is 1360 g/mol. The van der Waals surface area contributed by atoms with Crippen LogP contribution < -0.4 is 12.3 Å². The predicted octanol–water partition coefficient (Wildman–Crippen LogP) is -1.84. The van der Waals surface area contributed by atoms with Crippen LogP contribution in [-0.4, -0.2) is 29.8 Å². The minimum absolute atomic E-state index is 0.159. The average Bonchev–Trinajstić information content (AvgIpc) is 2.98. The van der Waals surface area contributed by atoms with E-state index in [-0.39, 0.29) is 56.4 Å². The molecule has 0 aliphatic heterocycles. The predicted molar refractivity (Wildman–Crippen MR) is 79.4 cm³/mol. The number of hydrogen-bond donors (Lipinski definition) is 0. The van der Waals surface area contributed by atoms with Gasteiger partial charge in [0.05, 0.1) is 0 Å². The topological polar surface area (TPSA) is 132 Å². The Bertz CT molecular complexity index is 722. The summed E-state index contributed by atoms with van der Waals surface area (Å²) in [5.41, 5.74) is 0. The van der Waals surface area contributed by atoms with Crippen molar-refractivity contribution in [3.63, 3.8) is 0 Å². The molecule has 0 unspecified atom stereocenters. The van der Waals surface area contributed by atoms with Crippen molar-refractivity contribution in [2.45, 2.75) is 34.6 Å². The van der Waals surface area contributed by atoms with E-state index < -0.39 is 100 Å². The third kappa shape index (κ3) is 15.3. The van der Waals surface area contributed by atoms with Crippen molar-refractivity contribution in [3.8, 4) is 0 Å². The van der Waals surface area contributed by atoms with Gasteiger partial charge in [-0.15, -0.1) is 0 Å². The van der Waals surface area contributed by atoms with E-state index in [9.17, 15) is 24.0 Å². The van der Waals surface area contributed by atoms with Gasteiger partial charge in [-0.3, -0.25) is 0 Å². The van der Waals surface area contributed by atoms with Crippen molar-refractivity contribution in [2.24, 2.45) is 0 Å². The standard InChI is InChI=1S/C5H.5C2H4O2.5Hg/c1-2-4-5-3-1;5*1-2(3)4;;;;;/h1H;5*1H3,(H,3,4);;;;;/q-1;;;;;;5*+1/p-5. The molecule has 0 atom stereocenters. The Morgan fingerprint density at radius 1 is 0.600 bits per heavy atom. The van der Waals surface area contributed by atoms with Crippen molar-refractivity contribution in [1.82, 2.24) is 0 Å². The fraction of sp³-hybridized carbons (Fsp3) is 0.333. The molecule has 0 heterocycles. The van der Waals surface area contributed by atoms with E-state index in [1.165, 1.54) is 34.6 Å². The number of carbonyl (C=O) groups is 5. The number of hydrogen-bond acceptors (Lipinski definition) is 10. The molecule has 0 aromatic heterocycles. The SMILES string of the molecule is CC(=O)[O][Hg].CC(=O)[O][Hg][c]1[cH-][c]([Hg][O]C(C)=O)[c]([Hg][O]C(C)=O)[c]1[Hg][O]C(C)=O. The minimum atomic E-state index is -2.20. The van der Waals surface area contributed by atoms with Crippen molar-refractivity contribution < 1.29 is 164 Å². The molecule has 1 rings (SSSR count). The summed E-state index contributed by atoms with van der Waals surface area (Å²) in [6.45, 7) is 6.90. The zero-order valence-electron chi connectivity index (χ0n) is 17.7. The van der Waals surface area contributed by atoms with Crippen LogP contribution in [0.1, 0.15) is 34.6 Å². The molecule has 10 nitrogen and oxygen atoms in total. The van der Waals surface area contributed by atoms with Gasteiger partial charge in [0.1, 0.15) is 0 Å². The van der Waals surface area contributed by atoms with Gasteiger partial charge in [-0.25, -0.2) is 0 Å². The zero-order valence-corrected chi connectivity index (χ0v) is 45.2. The molecule has 1 aromatic rings. The molecule has 0 fully saturated rings. The normalized spacial score (nSPS) is 8.50. The van der Waals surface area contributed by atoms with E-state index in [0.717, 1.165) is 12.3 Å². The summed E-state index contributed by atoms with van der Waals surface area (Å²) in [7, 11) is 0. The van der Waals surface area contributed by atoms with Gasteiger partial charge in [0.2, 0.25) is 0 Å². The Balaban J connectivity index is 0.00000150. The van der Waals surface area contributed by atoms with Crippen LogP contribution in [0.25, 0.3) is 0 Å². The van der Waals surface area contributed by atoms with Gasteiger partial charge in [-0.1, -0.05) is 0 Å². The van der Waals surface area contributed by atoms with Crippen LogP contribution in [-0.2, 0) is 164 Å². The van der Waals surface area contributed by atoms with Gasteiger partial charge >= 0.3 is 247 Å². The summed E-state index contributed by atoms with van der Waals surface area (Å²) in [4.78, 5) is 54.5. The third-order valence-electron chi connectivity index (χ3n) is 3.39. The third-order valence-corrected chi connectivity index (χ3v) is 52.6. The first-order valence-electron chi connectivity index (χ1n) is 8.73. The van der Waals surface area contributed by atoms with Crippen LogP contribution >= 0.6 is 0 Å². The Morgan fingerprint density at radius 2 is 0.867 bits per heavy atom. The second-order valence-electron chi connectivity index (χ2n) is 5.91. The van der Waals surface area contributed by atoms with E-state index in [4.69, 9.17) is 10.6 Å². The van der Waals surface area contributed by atoms with Gasteiger partial charge in [0.15, 0.2) is 0 Å². The molecule has 30 heavy (non-hydrogen) atoms. The first-order valence-corrected chi connectivity index (χ1v) is 30.9. The molecule has 1 aromatic carbocycles. The molecule has 0 radical (unpaired) electrons. The second kappa shape index (κ2) is 17.8. The summed E-state index contributed by atoms with van der Waals surface area (Å²) in [6.07, 6.45) is 0. The molecule has 0 saturated carbocycles. The van der Waals surface area contributed by atoms with Gasteiger partial charge in [0.25, 0.3) is 0 Å². The summed E-state index contributed by atoms with van der Waals surface area (Å²) in [5, 5.41) is 0. The van der Waals surface area contributed by atoms with E-state index in [0.29, 0.717) is 0 Å². The summed E-state index contributed by atoms with van der Waals surface area (Å²) in [6, 6.07) is 1.98. The Hall–Kier alpha value is 1.38. The summed E-state index contributed by atoms with van der Waals surface area (Å²) in [5.74, 6) is -1.42. The number of carbonyl (C=O) groups excluding carboxylic acids is 5. The fourth-order valence-electron chi connectivity index (χ4n) is 2.10. The molecular weight excluding hydrogens is 1340 g/mol. The monoisotopic (exact) mass is 1370 g/mol. The first kappa shape index (κ1) is 31.4. The van der Waals surface area contributed by atoms with E-state index in [1.807, 2.05) is 6.07 Å².